The van der Waals surface area contributed by atoms with Crippen LogP contribution in [0.4, 0.5) is 0 Å². The van der Waals surface area contributed by atoms with E-state index < -0.39 is 23.5 Å². The van der Waals surface area contributed by atoms with Crippen molar-refractivity contribution >= 4 is 23.5 Å². The minimum atomic E-state index is -3.94. The molecule has 3 fully saturated rings. The molecule has 3 rings (SSSR count). The van der Waals surface area contributed by atoms with Gasteiger partial charge in [-0.05, 0) is 38.5 Å². The molecule has 0 atom stereocenters. The summed E-state index contributed by atoms with van der Waals surface area (Å²) in [7, 11) is -11.8. The highest BCUT2D eigenvalue weighted by Crippen LogP contribution is 2.40. The highest BCUT2D eigenvalue weighted by Gasteiger charge is 2.11. The van der Waals surface area contributed by atoms with Crippen molar-refractivity contribution in [3.05, 3.63) is 0 Å². The van der Waals surface area contributed by atoms with Crippen molar-refractivity contribution in [3.63, 3.8) is 0 Å². The van der Waals surface area contributed by atoms with Crippen molar-refractivity contribution in [1.29, 1.82) is 0 Å². The van der Waals surface area contributed by atoms with Gasteiger partial charge in [-0.15, -0.1) is 0 Å². The van der Waals surface area contributed by atoms with E-state index in [-0.39, 0.29) is 58.1 Å². The molecule has 0 radical (unpaired) electrons. The number of rotatable bonds is 0. The average molecular weight is 592 g/mol. The number of phosphoric acid groups is 3. The van der Waals surface area contributed by atoms with Crippen molar-refractivity contribution in [3.8, 4) is 0 Å². The van der Waals surface area contributed by atoms with Gasteiger partial charge in [0, 0.05) is 0 Å². The molecule has 0 aromatic heterocycles. The van der Waals surface area contributed by atoms with E-state index in [1.54, 1.807) is 0 Å². The molecule has 3 aliphatic heterocycles. The molecule has 36 heavy (non-hydrogen) atoms. The zero-order valence-electron chi connectivity index (χ0n) is 22.0. The maximum absolute atomic E-state index is 10.8. The van der Waals surface area contributed by atoms with Crippen LogP contribution in [0.5, 0.6) is 0 Å². The summed E-state index contributed by atoms with van der Waals surface area (Å²) >= 11 is 0. The molecular weight excluding hydrogens is 543 g/mol. The fourth-order valence-electron chi connectivity index (χ4n) is 2.84. The zero-order valence-corrected chi connectivity index (χ0v) is 24.7. The minimum Gasteiger partial charge on any atom is -0.756 e. The quantitative estimate of drug-likeness (QED) is 0.332. The first-order valence-electron chi connectivity index (χ1n) is 11.4. The Balaban J connectivity index is -0.000000436. The van der Waals surface area contributed by atoms with Crippen LogP contribution in [0, 0.1) is 0 Å². The molecule has 0 spiro atoms. The van der Waals surface area contributed by atoms with E-state index in [1.807, 2.05) is 0 Å². The van der Waals surface area contributed by atoms with Crippen LogP contribution in [0.3, 0.4) is 0 Å². The van der Waals surface area contributed by atoms with E-state index in [0.717, 1.165) is 77.0 Å². The summed E-state index contributed by atoms with van der Waals surface area (Å²) in [6.07, 6.45) is 10.9. The van der Waals surface area contributed by atoms with Crippen molar-refractivity contribution in [2.24, 2.45) is 0 Å². The lowest BCUT2D eigenvalue weighted by atomic mass is 10.2. The van der Waals surface area contributed by atoms with Crippen LogP contribution in [0.25, 0.3) is 0 Å². The fraction of sp³-hybridized carbons (Fsp3) is 1.00. The smallest absolute Gasteiger partial charge is 0.267 e. The summed E-state index contributed by atoms with van der Waals surface area (Å²) in [6.45, 7) is 1.59. The molecule has 3 heterocycles. The molecule has 0 unspecified atom stereocenters. The molecule has 0 saturated carbocycles. The number of quaternary nitrogens is 3. The average Bonchev–Trinajstić information content (AvgIpc) is 2.96. The highest BCUT2D eigenvalue weighted by atomic mass is 31.2. The fourth-order valence-corrected chi connectivity index (χ4v) is 5.18. The molecule has 15 nitrogen and oxygen atoms in total. The van der Waals surface area contributed by atoms with Gasteiger partial charge in [0.15, 0.2) is 0 Å². The van der Waals surface area contributed by atoms with Gasteiger partial charge in [-0.25, -0.2) is 0 Å². The van der Waals surface area contributed by atoms with Gasteiger partial charge in [-0.3, -0.25) is 13.7 Å². The van der Waals surface area contributed by atoms with Gasteiger partial charge in [-0.1, -0.05) is 38.5 Å². The van der Waals surface area contributed by atoms with E-state index in [4.69, 9.17) is 0 Å². The standard InChI is InChI=1S/3C6H13O4P.3H3N/c3*7-11(8)9-5-3-1-2-4-6-10-11;;;/h3*1-6H2,(H,7,8);3*1H3. The predicted molar refractivity (Wildman–Crippen MR) is 132 cm³/mol. The van der Waals surface area contributed by atoms with E-state index in [9.17, 15) is 28.4 Å². The van der Waals surface area contributed by atoms with Gasteiger partial charge in [-0.2, -0.15) is 0 Å². The number of hydrogen-bond acceptors (Lipinski definition) is 12. The van der Waals surface area contributed by atoms with Crippen molar-refractivity contribution in [1.82, 2.24) is 18.5 Å². The van der Waals surface area contributed by atoms with Gasteiger partial charge in [0.25, 0.3) is 23.5 Å². The number of phosphoric ester groups is 3. The second-order valence-electron chi connectivity index (χ2n) is 7.58. The molecule has 18 heteroatoms. The van der Waals surface area contributed by atoms with Crippen LogP contribution in [0.1, 0.15) is 77.0 Å². The maximum atomic E-state index is 10.8. The molecular formula is C18H48N3O12P3. The second kappa shape index (κ2) is 23.1. The Labute approximate surface area is 214 Å². The van der Waals surface area contributed by atoms with Crippen LogP contribution in [-0.4, -0.2) is 39.6 Å². The van der Waals surface area contributed by atoms with E-state index in [1.165, 1.54) is 0 Å². The molecule has 3 aliphatic rings. The summed E-state index contributed by atoms with van der Waals surface area (Å²) < 4.78 is 59.4. The van der Waals surface area contributed by atoms with Crippen molar-refractivity contribution in [2.75, 3.05) is 39.6 Å². The molecule has 12 N–H and O–H groups in total. The third kappa shape index (κ3) is 24.5. The van der Waals surface area contributed by atoms with Crippen LogP contribution < -0.4 is 33.1 Å². The summed E-state index contributed by atoms with van der Waals surface area (Å²) in [5.41, 5.74) is 0. The highest BCUT2D eigenvalue weighted by molar-refractivity contribution is 7.46. The third-order valence-corrected chi connectivity index (χ3v) is 7.61. The summed E-state index contributed by atoms with van der Waals surface area (Å²) in [5, 5.41) is 0. The lowest BCUT2D eigenvalue weighted by Gasteiger charge is -2.21. The first kappa shape index (κ1) is 40.7. The molecule has 0 bridgehead atoms. The van der Waals surface area contributed by atoms with Crippen LogP contribution in [0.15, 0.2) is 0 Å². The summed E-state index contributed by atoms with van der Waals surface area (Å²) in [6, 6.07) is 0. The van der Waals surface area contributed by atoms with Gasteiger partial charge >= 0.3 is 0 Å². The van der Waals surface area contributed by atoms with Crippen molar-refractivity contribution < 1.29 is 55.5 Å². The summed E-state index contributed by atoms with van der Waals surface area (Å²) in [5.74, 6) is 0. The molecule has 0 amide bonds. The second-order valence-corrected chi connectivity index (χ2v) is 11.8. The summed E-state index contributed by atoms with van der Waals surface area (Å²) in [4.78, 5) is 32.3. The Morgan fingerprint density at radius 2 is 0.472 bits per heavy atom. The Kier molecular flexibility index (Phi) is 26.1. The van der Waals surface area contributed by atoms with E-state index >= 15 is 0 Å². The lowest BCUT2D eigenvalue weighted by Crippen LogP contribution is -2.08. The Morgan fingerprint density at radius 3 is 0.611 bits per heavy atom. The van der Waals surface area contributed by atoms with Crippen LogP contribution in [-0.2, 0) is 40.8 Å². The van der Waals surface area contributed by atoms with E-state index in [2.05, 4.69) is 27.1 Å². The molecule has 222 valence electrons. The zero-order chi connectivity index (χ0) is 24.5. The van der Waals surface area contributed by atoms with Gasteiger partial charge in [0.05, 0.1) is 39.6 Å². The largest absolute Gasteiger partial charge is 0.756 e. The number of hydrogen-bond donors (Lipinski definition) is 3. The van der Waals surface area contributed by atoms with Crippen LogP contribution in [0.2, 0.25) is 0 Å². The lowest BCUT2D eigenvalue weighted by molar-refractivity contribution is -0.226. The predicted octanol–water partition coefficient (Wildman–Crippen LogP) is 4.31. The molecule has 0 aromatic rings. The third-order valence-electron chi connectivity index (χ3n) is 4.61. The topological polar surface area (TPSA) is 285 Å². The first-order chi connectivity index (χ1) is 15.6. The Bertz CT molecular complexity index is 534. The van der Waals surface area contributed by atoms with Gasteiger partial charge in [0.2, 0.25) is 0 Å². The van der Waals surface area contributed by atoms with Crippen LogP contribution >= 0.6 is 23.5 Å². The Hall–Kier alpha value is 0.210. The Morgan fingerprint density at radius 1 is 0.333 bits per heavy atom. The SMILES string of the molecule is O=P1([O-])OCCCCCCO1.O=P1([O-])OCCCCCCO1.O=P1([O-])OCCCCCCO1.[NH4+].[NH4+].[NH4+]. The van der Waals surface area contributed by atoms with E-state index in [0.29, 0.717) is 0 Å². The molecule has 0 aliphatic carbocycles. The minimum absolute atomic E-state index is 0. The van der Waals surface area contributed by atoms with Crippen molar-refractivity contribution in [2.45, 2.75) is 77.0 Å². The molecule has 3 saturated heterocycles. The normalized spacial score (nSPS) is 24.4. The van der Waals surface area contributed by atoms with Gasteiger partial charge in [0.1, 0.15) is 0 Å². The molecule has 0 aromatic carbocycles. The first-order valence-corrected chi connectivity index (χ1v) is 15.8. The maximum Gasteiger partial charge on any atom is 0.267 e. The van der Waals surface area contributed by atoms with Gasteiger partial charge < -0.3 is 60.3 Å². The monoisotopic (exact) mass is 591 g/mol.